The number of nitrogens with zero attached hydrogens (tertiary/aromatic N) is 2. The summed E-state index contributed by atoms with van der Waals surface area (Å²) in [6.45, 7) is 1.16. The van der Waals surface area contributed by atoms with Crippen molar-refractivity contribution in [1.82, 2.24) is 10.2 Å². The predicted molar refractivity (Wildman–Crippen MR) is 132 cm³/mol. The first kappa shape index (κ1) is 22.7. The van der Waals surface area contributed by atoms with Gasteiger partial charge in [0.05, 0.1) is 24.9 Å². The van der Waals surface area contributed by atoms with E-state index in [1.54, 1.807) is 35.1 Å². The number of nitrogens with one attached hydrogen (secondary N) is 1. The number of hydrogen-bond donors (Lipinski definition) is 1. The number of hydrogen-bond acceptors (Lipinski definition) is 4. The lowest BCUT2D eigenvalue weighted by Crippen LogP contribution is -2.44. The third-order valence-electron chi connectivity index (χ3n) is 6.69. The molecule has 0 spiro atoms. The van der Waals surface area contributed by atoms with Gasteiger partial charge in [-0.15, -0.1) is 0 Å². The Labute approximate surface area is 204 Å². The Morgan fingerprint density at radius 2 is 1.74 bits per heavy atom. The van der Waals surface area contributed by atoms with Crippen LogP contribution in [-0.2, 0) is 17.9 Å². The zero-order valence-corrected chi connectivity index (χ0v) is 19.6. The number of ether oxygens (including phenoxy) is 1. The van der Waals surface area contributed by atoms with Gasteiger partial charge < -0.3 is 19.9 Å². The SMILES string of the molecule is COc1ccc(CNC(=O)c2ccccc2CN2C(=O)[C@@H]3CCCN3C(=O)c3ccccc32)cc1. The van der Waals surface area contributed by atoms with Crippen molar-refractivity contribution in [3.63, 3.8) is 0 Å². The van der Waals surface area contributed by atoms with Crippen molar-refractivity contribution in [2.75, 3.05) is 18.6 Å². The molecule has 1 N–H and O–H groups in total. The third kappa shape index (κ3) is 4.37. The van der Waals surface area contributed by atoms with Crippen LogP contribution in [0.4, 0.5) is 5.69 Å². The quantitative estimate of drug-likeness (QED) is 0.596. The lowest BCUT2D eigenvalue weighted by molar-refractivity contribution is -0.122. The molecule has 0 saturated carbocycles. The molecular weight excluding hydrogens is 442 g/mol. The van der Waals surface area contributed by atoms with Crippen LogP contribution >= 0.6 is 0 Å². The van der Waals surface area contributed by atoms with Crippen molar-refractivity contribution in [1.29, 1.82) is 0 Å². The van der Waals surface area contributed by atoms with Gasteiger partial charge in [0.25, 0.3) is 11.8 Å². The first-order valence-corrected chi connectivity index (χ1v) is 11.8. The van der Waals surface area contributed by atoms with Crippen molar-refractivity contribution < 1.29 is 19.1 Å². The van der Waals surface area contributed by atoms with Gasteiger partial charge in [0.15, 0.2) is 0 Å². The maximum atomic E-state index is 13.6. The number of fused-ring (bicyclic) bond motifs is 2. The summed E-state index contributed by atoms with van der Waals surface area (Å²) in [4.78, 5) is 43.3. The number of carbonyl (C=O) groups is 3. The number of amides is 3. The number of para-hydroxylation sites is 1. The minimum Gasteiger partial charge on any atom is -0.497 e. The Hall–Kier alpha value is -4.13. The van der Waals surface area contributed by atoms with Crippen molar-refractivity contribution in [3.8, 4) is 5.75 Å². The van der Waals surface area contributed by atoms with Crippen molar-refractivity contribution in [2.24, 2.45) is 0 Å². The number of anilines is 1. The van der Waals surface area contributed by atoms with E-state index in [0.717, 1.165) is 23.3 Å². The molecule has 0 aliphatic carbocycles. The fourth-order valence-corrected chi connectivity index (χ4v) is 4.84. The fraction of sp³-hybridized carbons (Fsp3) is 0.250. The molecule has 178 valence electrons. The Bertz CT molecular complexity index is 1270. The molecule has 0 unspecified atom stereocenters. The van der Waals surface area contributed by atoms with E-state index in [9.17, 15) is 14.4 Å². The molecule has 7 nitrogen and oxygen atoms in total. The molecule has 35 heavy (non-hydrogen) atoms. The maximum Gasteiger partial charge on any atom is 0.256 e. The largest absolute Gasteiger partial charge is 0.497 e. The Balaban J connectivity index is 1.41. The van der Waals surface area contributed by atoms with E-state index in [4.69, 9.17) is 4.74 Å². The summed E-state index contributed by atoms with van der Waals surface area (Å²) in [6, 6.07) is 21.6. The second-order valence-corrected chi connectivity index (χ2v) is 8.79. The van der Waals surface area contributed by atoms with Crippen LogP contribution in [0.1, 0.15) is 44.7 Å². The Kier molecular flexibility index (Phi) is 6.23. The Morgan fingerprint density at radius 1 is 1.00 bits per heavy atom. The van der Waals surface area contributed by atoms with Gasteiger partial charge in [-0.25, -0.2) is 0 Å². The van der Waals surface area contributed by atoms with Crippen LogP contribution in [0.5, 0.6) is 5.75 Å². The molecule has 2 heterocycles. The Morgan fingerprint density at radius 3 is 2.54 bits per heavy atom. The maximum absolute atomic E-state index is 13.6. The molecule has 7 heteroatoms. The highest BCUT2D eigenvalue weighted by Gasteiger charge is 2.42. The molecular formula is C28H27N3O4. The van der Waals surface area contributed by atoms with Crippen LogP contribution in [0, 0.1) is 0 Å². The highest BCUT2D eigenvalue weighted by Crippen LogP contribution is 2.33. The average Bonchev–Trinajstić information content (AvgIpc) is 3.38. The normalized spacial score (nSPS) is 17.0. The molecule has 3 aromatic carbocycles. The molecule has 3 amide bonds. The molecule has 1 fully saturated rings. The number of carbonyl (C=O) groups excluding carboxylic acids is 3. The van der Waals surface area contributed by atoms with Gasteiger partial charge in [0.1, 0.15) is 11.8 Å². The third-order valence-corrected chi connectivity index (χ3v) is 6.69. The van der Waals surface area contributed by atoms with Gasteiger partial charge in [0.2, 0.25) is 5.91 Å². The lowest BCUT2D eigenvalue weighted by Gasteiger charge is -2.26. The average molecular weight is 470 g/mol. The lowest BCUT2D eigenvalue weighted by atomic mass is 10.0. The molecule has 5 rings (SSSR count). The first-order chi connectivity index (χ1) is 17.1. The summed E-state index contributed by atoms with van der Waals surface area (Å²) in [5, 5.41) is 2.97. The van der Waals surface area contributed by atoms with Crippen LogP contribution in [0.25, 0.3) is 0 Å². The highest BCUT2D eigenvalue weighted by molar-refractivity contribution is 6.11. The van der Waals surface area contributed by atoms with E-state index in [1.807, 2.05) is 54.6 Å². The summed E-state index contributed by atoms with van der Waals surface area (Å²) < 4.78 is 5.18. The second kappa shape index (κ2) is 9.62. The van der Waals surface area contributed by atoms with E-state index in [0.29, 0.717) is 36.3 Å². The van der Waals surface area contributed by atoms with Crippen LogP contribution in [-0.4, -0.2) is 42.3 Å². The van der Waals surface area contributed by atoms with Crippen LogP contribution in [0.15, 0.2) is 72.8 Å². The molecule has 0 radical (unpaired) electrons. The minimum absolute atomic E-state index is 0.103. The van der Waals surface area contributed by atoms with E-state index >= 15 is 0 Å². The summed E-state index contributed by atoms with van der Waals surface area (Å²) >= 11 is 0. The molecule has 0 aromatic heterocycles. The van der Waals surface area contributed by atoms with Crippen molar-refractivity contribution >= 4 is 23.4 Å². The number of methoxy groups -OCH3 is 1. The number of benzene rings is 3. The van der Waals surface area contributed by atoms with Gasteiger partial charge in [-0.2, -0.15) is 0 Å². The van der Waals surface area contributed by atoms with Crippen LogP contribution in [0.2, 0.25) is 0 Å². The van der Waals surface area contributed by atoms with Gasteiger partial charge in [-0.05, 0) is 54.3 Å². The van der Waals surface area contributed by atoms with E-state index in [-0.39, 0.29) is 24.3 Å². The minimum atomic E-state index is -0.467. The smallest absolute Gasteiger partial charge is 0.256 e. The van der Waals surface area contributed by atoms with E-state index < -0.39 is 6.04 Å². The first-order valence-electron chi connectivity index (χ1n) is 11.8. The standard InChI is InChI=1S/C28H27N3O4/c1-35-21-14-12-19(13-15-21)17-29-26(32)22-8-3-2-7-20(22)18-31-24-10-5-4-9-23(24)27(33)30-16-6-11-25(30)28(31)34/h2-5,7-10,12-15,25H,6,11,16-18H2,1H3,(H,29,32)/t25-/m0/s1. The van der Waals surface area contributed by atoms with E-state index in [2.05, 4.69) is 5.32 Å². The predicted octanol–water partition coefficient (Wildman–Crippen LogP) is 3.78. The highest BCUT2D eigenvalue weighted by atomic mass is 16.5. The summed E-state index contributed by atoms with van der Waals surface area (Å²) in [5.74, 6) is 0.330. The number of rotatable bonds is 6. The molecule has 1 atom stereocenters. The molecule has 3 aromatic rings. The zero-order chi connectivity index (χ0) is 24.4. The topological polar surface area (TPSA) is 79.0 Å². The van der Waals surface area contributed by atoms with Gasteiger partial charge in [0, 0.05) is 18.7 Å². The van der Waals surface area contributed by atoms with Gasteiger partial charge >= 0.3 is 0 Å². The zero-order valence-electron chi connectivity index (χ0n) is 19.6. The summed E-state index contributed by atoms with van der Waals surface area (Å²) in [7, 11) is 1.61. The monoisotopic (exact) mass is 469 g/mol. The van der Waals surface area contributed by atoms with Crippen LogP contribution < -0.4 is 15.0 Å². The van der Waals surface area contributed by atoms with Gasteiger partial charge in [-0.3, -0.25) is 14.4 Å². The van der Waals surface area contributed by atoms with Crippen molar-refractivity contribution in [2.45, 2.75) is 32.0 Å². The van der Waals surface area contributed by atoms with Crippen molar-refractivity contribution in [3.05, 3.63) is 95.1 Å². The molecule has 1 saturated heterocycles. The second-order valence-electron chi connectivity index (χ2n) is 8.79. The molecule has 0 bridgehead atoms. The van der Waals surface area contributed by atoms with E-state index in [1.165, 1.54) is 0 Å². The fourth-order valence-electron chi connectivity index (χ4n) is 4.84. The summed E-state index contributed by atoms with van der Waals surface area (Å²) in [5.41, 5.74) is 3.29. The summed E-state index contributed by atoms with van der Waals surface area (Å²) in [6.07, 6.45) is 1.46. The van der Waals surface area contributed by atoms with Crippen LogP contribution in [0.3, 0.4) is 0 Å². The van der Waals surface area contributed by atoms with Gasteiger partial charge in [-0.1, -0.05) is 42.5 Å². The molecule has 2 aliphatic heterocycles. The molecule has 2 aliphatic rings.